The fourth-order valence-electron chi connectivity index (χ4n) is 4.86. The molecule has 26 heavy (non-hydrogen) atoms. The summed E-state index contributed by atoms with van der Waals surface area (Å²) in [7, 11) is 0. The smallest absolute Gasteiger partial charge is 0.255 e. The molecule has 0 bridgehead atoms. The molecule has 2 fully saturated rings. The highest BCUT2D eigenvalue weighted by Crippen LogP contribution is 2.47. The number of benzene rings is 1. The van der Waals surface area contributed by atoms with Crippen LogP contribution in [0.15, 0.2) is 48.8 Å². The Hall–Kier alpha value is -2.20. The highest BCUT2D eigenvalue weighted by atomic mass is 16.3. The van der Waals surface area contributed by atoms with Crippen LogP contribution in [0.1, 0.15) is 53.6 Å². The lowest BCUT2D eigenvalue weighted by Crippen LogP contribution is -2.59. The number of piperidine rings is 1. The number of fused-ring (bicyclic) bond motifs is 1. The van der Waals surface area contributed by atoms with Crippen LogP contribution in [0.4, 0.5) is 0 Å². The molecule has 0 radical (unpaired) electrons. The molecule has 4 heteroatoms. The molecule has 1 N–H and O–H groups in total. The van der Waals surface area contributed by atoms with Gasteiger partial charge in [0.15, 0.2) is 0 Å². The standard InChI is InChI=1S/C22H26N2O2/c1-16-11-13-23-15-18(16)21(25)24-14-12-22(26,17-7-3-2-4-8-17)19-9-5-6-10-20(19)24/h2-4,7-8,11,13,15,19-20,26H,5-6,9-10,12,14H2,1H3/t19-,20+,22?/m0/s1. The summed E-state index contributed by atoms with van der Waals surface area (Å²) >= 11 is 0. The zero-order valence-corrected chi connectivity index (χ0v) is 15.3. The fourth-order valence-corrected chi connectivity index (χ4v) is 4.86. The van der Waals surface area contributed by atoms with Crippen LogP contribution in [0.25, 0.3) is 0 Å². The fraction of sp³-hybridized carbons (Fsp3) is 0.455. The summed E-state index contributed by atoms with van der Waals surface area (Å²) in [5, 5.41) is 11.6. The molecule has 3 atom stereocenters. The van der Waals surface area contributed by atoms with Crippen molar-refractivity contribution in [3.05, 3.63) is 65.5 Å². The van der Waals surface area contributed by atoms with Gasteiger partial charge in [0, 0.05) is 30.9 Å². The molecule has 1 aliphatic carbocycles. The van der Waals surface area contributed by atoms with Gasteiger partial charge in [-0.15, -0.1) is 0 Å². The lowest BCUT2D eigenvalue weighted by molar-refractivity contribution is -0.110. The van der Waals surface area contributed by atoms with E-state index in [1.165, 1.54) is 0 Å². The lowest BCUT2D eigenvalue weighted by Gasteiger charge is -2.52. The summed E-state index contributed by atoms with van der Waals surface area (Å²) in [6.45, 7) is 2.54. The molecule has 1 aliphatic heterocycles. The van der Waals surface area contributed by atoms with Crippen LogP contribution < -0.4 is 0 Å². The minimum absolute atomic E-state index is 0.0580. The second-order valence-corrected chi connectivity index (χ2v) is 7.69. The zero-order valence-electron chi connectivity index (χ0n) is 15.3. The van der Waals surface area contributed by atoms with Crippen molar-refractivity contribution >= 4 is 5.91 Å². The second kappa shape index (κ2) is 6.84. The average Bonchev–Trinajstić information content (AvgIpc) is 2.69. The largest absolute Gasteiger partial charge is 0.385 e. The number of hydrogen-bond donors (Lipinski definition) is 1. The van der Waals surface area contributed by atoms with Gasteiger partial charge in [0.25, 0.3) is 5.91 Å². The monoisotopic (exact) mass is 350 g/mol. The van der Waals surface area contributed by atoms with Crippen LogP contribution in [-0.2, 0) is 5.60 Å². The van der Waals surface area contributed by atoms with Gasteiger partial charge in [-0.25, -0.2) is 0 Å². The van der Waals surface area contributed by atoms with E-state index in [2.05, 4.69) is 4.98 Å². The van der Waals surface area contributed by atoms with Crippen LogP contribution in [0.3, 0.4) is 0 Å². The molecule has 136 valence electrons. The van der Waals surface area contributed by atoms with E-state index in [0.717, 1.165) is 36.8 Å². The normalized spacial score (nSPS) is 28.5. The summed E-state index contributed by atoms with van der Waals surface area (Å²) in [6, 6.07) is 12.0. The maximum atomic E-state index is 13.2. The van der Waals surface area contributed by atoms with Crippen LogP contribution in [-0.4, -0.2) is 33.5 Å². The first kappa shape index (κ1) is 17.2. The number of likely N-dealkylation sites (tertiary alicyclic amines) is 1. The third kappa shape index (κ3) is 2.82. The number of carbonyl (C=O) groups is 1. The molecule has 2 aromatic rings. The Morgan fingerprint density at radius 3 is 2.73 bits per heavy atom. The third-order valence-electron chi connectivity index (χ3n) is 6.28. The van der Waals surface area contributed by atoms with Gasteiger partial charge in [0.2, 0.25) is 0 Å². The van der Waals surface area contributed by atoms with E-state index in [1.54, 1.807) is 12.4 Å². The first-order valence-corrected chi connectivity index (χ1v) is 9.61. The zero-order chi connectivity index (χ0) is 18.1. The summed E-state index contributed by atoms with van der Waals surface area (Å²) in [6.07, 6.45) is 8.14. The van der Waals surface area contributed by atoms with E-state index in [0.29, 0.717) is 18.5 Å². The molecule has 1 saturated heterocycles. The molecular weight excluding hydrogens is 324 g/mol. The maximum absolute atomic E-state index is 13.2. The second-order valence-electron chi connectivity index (χ2n) is 7.69. The van der Waals surface area contributed by atoms with Crippen molar-refractivity contribution in [2.45, 2.75) is 50.7 Å². The average molecular weight is 350 g/mol. The SMILES string of the molecule is Cc1ccncc1C(=O)N1CCC(O)(c2ccccc2)[C@H]2CCCC[C@H]21. The predicted octanol–water partition coefficient (Wildman–Crippen LogP) is 3.68. The quantitative estimate of drug-likeness (QED) is 0.899. The minimum atomic E-state index is -0.840. The van der Waals surface area contributed by atoms with Crippen LogP contribution >= 0.6 is 0 Å². The molecule has 1 amide bonds. The lowest BCUT2D eigenvalue weighted by atomic mass is 9.66. The highest BCUT2D eigenvalue weighted by Gasteiger charge is 2.50. The number of aliphatic hydroxyl groups is 1. The molecule has 0 spiro atoms. The number of aryl methyl sites for hydroxylation is 1. The van der Waals surface area contributed by atoms with Crippen molar-refractivity contribution in [2.24, 2.45) is 5.92 Å². The first-order chi connectivity index (χ1) is 12.6. The van der Waals surface area contributed by atoms with E-state index in [1.807, 2.05) is 48.2 Å². The summed E-state index contributed by atoms with van der Waals surface area (Å²) < 4.78 is 0. The van der Waals surface area contributed by atoms with Gasteiger partial charge in [0.1, 0.15) is 0 Å². The van der Waals surface area contributed by atoms with Crippen LogP contribution in [0, 0.1) is 12.8 Å². The molecule has 1 saturated carbocycles. The van der Waals surface area contributed by atoms with Gasteiger partial charge in [-0.1, -0.05) is 43.2 Å². The Balaban J connectivity index is 1.67. The van der Waals surface area contributed by atoms with E-state index in [-0.39, 0.29) is 17.9 Å². The van der Waals surface area contributed by atoms with Gasteiger partial charge >= 0.3 is 0 Å². The summed E-state index contributed by atoms with van der Waals surface area (Å²) in [4.78, 5) is 19.4. The number of pyridine rings is 1. The predicted molar refractivity (Wildman–Crippen MR) is 101 cm³/mol. The Kier molecular flexibility index (Phi) is 4.53. The molecule has 1 unspecified atom stereocenters. The van der Waals surface area contributed by atoms with Crippen LogP contribution in [0.5, 0.6) is 0 Å². The molecule has 4 nitrogen and oxygen atoms in total. The minimum Gasteiger partial charge on any atom is -0.385 e. The number of aromatic nitrogens is 1. The molecule has 1 aromatic carbocycles. The maximum Gasteiger partial charge on any atom is 0.255 e. The molecular formula is C22H26N2O2. The van der Waals surface area contributed by atoms with E-state index < -0.39 is 5.60 Å². The van der Waals surface area contributed by atoms with Crippen molar-refractivity contribution in [1.82, 2.24) is 9.88 Å². The van der Waals surface area contributed by atoms with Crippen molar-refractivity contribution in [3.63, 3.8) is 0 Å². The molecule has 2 heterocycles. The van der Waals surface area contributed by atoms with Crippen LogP contribution in [0.2, 0.25) is 0 Å². The van der Waals surface area contributed by atoms with E-state index in [9.17, 15) is 9.90 Å². The number of rotatable bonds is 2. The van der Waals surface area contributed by atoms with Crippen molar-refractivity contribution in [2.75, 3.05) is 6.54 Å². The van der Waals surface area contributed by atoms with Gasteiger partial charge in [-0.2, -0.15) is 0 Å². The van der Waals surface area contributed by atoms with Gasteiger partial charge < -0.3 is 10.0 Å². The summed E-state index contributed by atoms with van der Waals surface area (Å²) in [5.41, 5.74) is 1.79. The summed E-state index contributed by atoms with van der Waals surface area (Å²) in [5.74, 6) is 0.149. The Bertz CT molecular complexity index is 792. The van der Waals surface area contributed by atoms with Crippen molar-refractivity contribution in [3.8, 4) is 0 Å². The number of nitrogens with zero attached hydrogens (tertiary/aromatic N) is 2. The Morgan fingerprint density at radius 1 is 1.19 bits per heavy atom. The van der Waals surface area contributed by atoms with Gasteiger partial charge in [0.05, 0.1) is 11.2 Å². The van der Waals surface area contributed by atoms with Gasteiger partial charge in [-0.3, -0.25) is 9.78 Å². The van der Waals surface area contributed by atoms with Crippen molar-refractivity contribution < 1.29 is 9.90 Å². The van der Waals surface area contributed by atoms with Gasteiger partial charge in [-0.05, 0) is 43.4 Å². The molecule has 4 rings (SSSR count). The Labute approximate surface area is 154 Å². The van der Waals surface area contributed by atoms with E-state index in [4.69, 9.17) is 0 Å². The molecule has 1 aromatic heterocycles. The number of amides is 1. The molecule has 2 aliphatic rings. The highest BCUT2D eigenvalue weighted by molar-refractivity contribution is 5.95. The first-order valence-electron chi connectivity index (χ1n) is 9.61. The van der Waals surface area contributed by atoms with Crippen molar-refractivity contribution in [1.29, 1.82) is 0 Å². The topological polar surface area (TPSA) is 53.4 Å². The Morgan fingerprint density at radius 2 is 1.96 bits per heavy atom. The third-order valence-corrected chi connectivity index (χ3v) is 6.28. The van der Waals surface area contributed by atoms with E-state index >= 15 is 0 Å². The number of hydrogen-bond acceptors (Lipinski definition) is 3. The number of carbonyl (C=O) groups excluding carboxylic acids is 1.